The molecule has 0 aromatic heterocycles. The summed E-state index contributed by atoms with van der Waals surface area (Å²) in [6.07, 6.45) is 3.31. The Morgan fingerprint density at radius 2 is 1.78 bits per heavy atom. The zero-order valence-corrected chi connectivity index (χ0v) is 11.6. The molecule has 5 heteroatoms. The summed E-state index contributed by atoms with van der Waals surface area (Å²) in [7, 11) is 0. The Morgan fingerprint density at radius 1 is 1.17 bits per heavy atom. The lowest BCUT2D eigenvalue weighted by atomic mass is 10.1. The highest BCUT2D eigenvalue weighted by molar-refractivity contribution is 5.85. The summed E-state index contributed by atoms with van der Waals surface area (Å²) >= 11 is 0. The van der Waals surface area contributed by atoms with Gasteiger partial charge in [-0.05, 0) is 40.0 Å². The number of carbonyl (C=O) groups excluding carboxylic acids is 2. The second-order valence-electron chi connectivity index (χ2n) is 5.62. The van der Waals surface area contributed by atoms with Crippen LogP contribution in [0, 0.1) is 0 Å². The molecule has 0 spiro atoms. The van der Waals surface area contributed by atoms with Crippen LogP contribution in [0.2, 0.25) is 0 Å². The molecule has 0 aromatic carbocycles. The number of carbonyl (C=O) groups is 2. The highest BCUT2D eigenvalue weighted by Crippen LogP contribution is 2.08. The normalized spacial score (nSPS) is 16.5. The molecule has 2 amide bonds. The summed E-state index contributed by atoms with van der Waals surface area (Å²) < 4.78 is 5.33. The quantitative estimate of drug-likeness (QED) is 0.814. The van der Waals surface area contributed by atoms with Gasteiger partial charge in [0.15, 0.2) is 0 Å². The summed E-state index contributed by atoms with van der Waals surface area (Å²) in [5.74, 6) is -0.242. The van der Waals surface area contributed by atoms with E-state index >= 15 is 0 Å². The van der Waals surface area contributed by atoms with Gasteiger partial charge in [0.1, 0.15) is 6.61 Å². The van der Waals surface area contributed by atoms with Gasteiger partial charge in [0.05, 0.1) is 12.1 Å². The summed E-state index contributed by atoms with van der Waals surface area (Å²) in [6, 6.07) is 0. The third-order valence-electron chi connectivity index (χ3n) is 2.78. The second kappa shape index (κ2) is 6.73. The number of ether oxygens (including phenoxy) is 1. The lowest BCUT2D eigenvalue weighted by Gasteiger charge is -2.26. The SMILES string of the molecule is CC(C)(C)OCC(=O)NCC(=O)N1CCCCC1. The molecular formula is C13H24N2O3. The van der Waals surface area contributed by atoms with Crippen molar-refractivity contribution < 1.29 is 14.3 Å². The second-order valence-corrected chi connectivity index (χ2v) is 5.62. The molecule has 1 N–H and O–H groups in total. The summed E-state index contributed by atoms with van der Waals surface area (Å²) in [5, 5.41) is 2.60. The van der Waals surface area contributed by atoms with Gasteiger partial charge in [-0.25, -0.2) is 0 Å². The van der Waals surface area contributed by atoms with Crippen LogP contribution in [-0.4, -0.2) is 48.6 Å². The number of nitrogens with one attached hydrogen (secondary N) is 1. The number of rotatable bonds is 4. The fourth-order valence-corrected chi connectivity index (χ4v) is 1.76. The van der Waals surface area contributed by atoms with Crippen molar-refractivity contribution >= 4 is 11.8 Å². The predicted molar refractivity (Wildman–Crippen MR) is 69.1 cm³/mol. The molecule has 18 heavy (non-hydrogen) atoms. The molecular weight excluding hydrogens is 232 g/mol. The van der Waals surface area contributed by atoms with Gasteiger partial charge in [-0.2, -0.15) is 0 Å². The van der Waals surface area contributed by atoms with Crippen LogP contribution in [-0.2, 0) is 14.3 Å². The minimum atomic E-state index is -0.339. The van der Waals surface area contributed by atoms with Gasteiger partial charge >= 0.3 is 0 Å². The van der Waals surface area contributed by atoms with Gasteiger partial charge in [-0.15, -0.1) is 0 Å². The van der Waals surface area contributed by atoms with Gasteiger partial charge in [-0.1, -0.05) is 0 Å². The predicted octanol–water partition coefficient (Wildman–Crippen LogP) is 0.930. The Bertz CT molecular complexity index is 291. The minimum absolute atomic E-state index is 0.00110. The topological polar surface area (TPSA) is 58.6 Å². The zero-order valence-electron chi connectivity index (χ0n) is 11.6. The maximum absolute atomic E-state index is 11.8. The van der Waals surface area contributed by atoms with Crippen molar-refractivity contribution in [1.82, 2.24) is 10.2 Å². The fraction of sp³-hybridized carbons (Fsp3) is 0.846. The third kappa shape index (κ3) is 6.00. The molecule has 1 fully saturated rings. The van der Waals surface area contributed by atoms with E-state index in [1.165, 1.54) is 6.42 Å². The lowest BCUT2D eigenvalue weighted by Crippen LogP contribution is -2.43. The molecule has 0 aromatic rings. The van der Waals surface area contributed by atoms with Gasteiger partial charge < -0.3 is 15.0 Å². The van der Waals surface area contributed by atoms with Crippen molar-refractivity contribution in [2.45, 2.75) is 45.6 Å². The van der Waals surface area contributed by atoms with Crippen molar-refractivity contribution in [2.75, 3.05) is 26.2 Å². The molecule has 104 valence electrons. The largest absolute Gasteiger partial charge is 0.366 e. The van der Waals surface area contributed by atoms with Crippen molar-refractivity contribution in [3.05, 3.63) is 0 Å². The van der Waals surface area contributed by atoms with E-state index in [1.54, 1.807) is 0 Å². The van der Waals surface area contributed by atoms with Crippen LogP contribution < -0.4 is 5.32 Å². The molecule has 0 aliphatic carbocycles. The van der Waals surface area contributed by atoms with Crippen molar-refractivity contribution in [3.63, 3.8) is 0 Å². The molecule has 0 radical (unpaired) electrons. The van der Waals surface area contributed by atoms with Crippen LogP contribution in [0.15, 0.2) is 0 Å². The van der Waals surface area contributed by atoms with Crippen LogP contribution >= 0.6 is 0 Å². The first kappa shape index (κ1) is 15.0. The van der Waals surface area contributed by atoms with Crippen molar-refractivity contribution in [3.8, 4) is 0 Å². The van der Waals surface area contributed by atoms with Gasteiger partial charge in [0.2, 0.25) is 11.8 Å². The number of hydrogen-bond donors (Lipinski definition) is 1. The van der Waals surface area contributed by atoms with Gasteiger partial charge in [0, 0.05) is 13.1 Å². The molecule has 1 heterocycles. The van der Waals surface area contributed by atoms with E-state index in [4.69, 9.17) is 4.74 Å². The van der Waals surface area contributed by atoms with Crippen LogP contribution in [0.4, 0.5) is 0 Å². The molecule has 1 aliphatic rings. The van der Waals surface area contributed by atoms with Crippen LogP contribution in [0.5, 0.6) is 0 Å². The molecule has 0 unspecified atom stereocenters. The Labute approximate surface area is 109 Å². The Morgan fingerprint density at radius 3 is 2.33 bits per heavy atom. The fourth-order valence-electron chi connectivity index (χ4n) is 1.76. The number of nitrogens with zero attached hydrogens (tertiary/aromatic N) is 1. The van der Waals surface area contributed by atoms with E-state index < -0.39 is 0 Å². The Kier molecular flexibility index (Phi) is 5.59. The Hall–Kier alpha value is -1.10. The summed E-state index contributed by atoms with van der Waals surface area (Å²) in [4.78, 5) is 25.1. The molecule has 1 rings (SSSR count). The van der Waals surface area contributed by atoms with Crippen molar-refractivity contribution in [2.24, 2.45) is 0 Å². The number of hydrogen-bond acceptors (Lipinski definition) is 3. The van der Waals surface area contributed by atoms with E-state index in [1.807, 2.05) is 25.7 Å². The highest BCUT2D eigenvalue weighted by atomic mass is 16.5. The minimum Gasteiger partial charge on any atom is -0.366 e. The first-order valence-corrected chi connectivity index (χ1v) is 6.57. The molecule has 5 nitrogen and oxygen atoms in total. The van der Waals surface area contributed by atoms with Gasteiger partial charge in [-0.3, -0.25) is 9.59 Å². The van der Waals surface area contributed by atoms with Crippen LogP contribution in [0.25, 0.3) is 0 Å². The Balaban J connectivity index is 2.19. The smallest absolute Gasteiger partial charge is 0.246 e. The highest BCUT2D eigenvalue weighted by Gasteiger charge is 2.17. The van der Waals surface area contributed by atoms with Gasteiger partial charge in [0.25, 0.3) is 0 Å². The summed E-state index contributed by atoms with van der Waals surface area (Å²) in [5.41, 5.74) is -0.339. The summed E-state index contributed by atoms with van der Waals surface area (Å²) in [6.45, 7) is 7.36. The molecule has 1 saturated heterocycles. The molecule has 0 saturated carbocycles. The maximum atomic E-state index is 11.8. The molecule has 1 aliphatic heterocycles. The molecule has 0 atom stereocenters. The van der Waals surface area contributed by atoms with Crippen LogP contribution in [0.1, 0.15) is 40.0 Å². The van der Waals surface area contributed by atoms with Crippen LogP contribution in [0.3, 0.4) is 0 Å². The average molecular weight is 256 g/mol. The number of amides is 2. The zero-order chi connectivity index (χ0) is 13.6. The van der Waals surface area contributed by atoms with Crippen molar-refractivity contribution in [1.29, 1.82) is 0 Å². The van der Waals surface area contributed by atoms with E-state index in [2.05, 4.69) is 5.32 Å². The monoisotopic (exact) mass is 256 g/mol. The third-order valence-corrected chi connectivity index (χ3v) is 2.78. The number of piperidine rings is 1. The maximum Gasteiger partial charge on any atom is 0.246 e. The number of likely N-dealkylation sites (tertiary alicyclic amines) is 1. The van der Waals surface area contributed by atoms with E-state index in [-0.39, 0.29) is 30.6 Å². The average Bonchev–Trinajstić information content (AvgIpc) is 2.33. The standard InChI is InChI=1S/C13H24N2O3/c1-13(2,3)18-10-11(16)14-9-12(17)15-7-5-4-6-8-15/h4-10H2,1-3H3,(H,14,16). The van der Waals surface area contributed by atoms with E-state index in [9.17, 15) is 9.59 Å². The first-order valence-electron chi connectivity index (χ1n) is 6.57. The van der Waals surface area contributed by atoms with E-state index in [0.717, 1.165) is 25.9 Å². The lowest BCUT2D eigenvalue weighted by molar-refractivity contribution is -0.136. The molecule has 0 bridgehead atoms. The first-order chi connectivity index (χ1) is 8.38. The van der Waals surface area contributed by atoms with E-state index in [0.29, 0.717) is 0 Å².